The van der Waals surface area contributed by atoms with Gasteiger partial charge in [0.2, 0.25) is 0 Å². The molecule has 0 saturated carbocycles. The minimum atomic E-state index is 0.0449. The second-order valence-corrected chi connectivity index (χ2v) is 8.50. The molecular weight excluding hydrogens is 434 g/mol. The molecule has 2 heterocycles. The molecule has 0 aliphatic carbocycles. The average molecular weight is 458 g/mol. The number of pyridine rings is 1. The third kappa shape index (κ3) is 4.94. The van der Waals surface area contributed by atoms with Gasteiger partial charge in [0, 0.05) is 47.8 Å². The highest BCUT2D eigenvalue weighted by Crippen LogP contribution is 2.22. The number of carbonyl (C=O) groups excluding carboxylic acids is 1. The van der Waals surface area contributed by atoms with Crippen LogP contribution in [0.1, 0.15) is 16.1 Å². The Labute approximate surface area is 198 Å². The lowest BCUT2D eigenvalue weighted by atomic mass is 10.1. The third-order valence-electron chi connectivity index (χ3n) is 5.88. The van der Waals surface area contributed by atoms with Crippen molar-refractivity contribution in [1.82, 2.24) is 9.88 Å². The van der Waals surface area contributed by atoms with Gasteiger partial charge in [0.05, 0.1) is 11.2 Å². The zero-order valence-corrected chi connectivity index (χ0v) is 18.9. The van der Waals surface area contributed by atoms with Gasteiger partial charge < -0.3 is 14.5 Å². The minimum absolute atomic E-state index is 0.0449. The van der Waals surface area contributed by atoms with Gasteiger partial charge in [-0.2, -0.15) is 0 Å². The number of para-hydroxylation sites is 1. The number of hydrogen-bond donors (Lipinski definition) is 0. The number of benzene rings is 3. The number of ether oxygens (including phenoxy) is 1. The molecule has 1 aromatic heterocycles. The summed E-state index contributed by atoms with van der Waals surface area (Å²) in [7, 11) is 0. The molecule has 1 amide bonds. The number of amides is 1. The number of halogens is 1. The van der Waals surface area contributed by atoms with Crippen LogP contribution in [0, 0.1) is 0 Å². The van der Waals surface area contributed by atoms with Crippen LogP contribution in [0.25, 0.3) is 10.9 Å². The summed E-state index contributed by atoms with van der Waals surface area (Å²) in [5.74, 6) is 0.760. The van der Waals surface area contributed by atoms with Gasteiger partial charge in [-0.25, -0.2) is 4.98 Å². The van der Waals surface area contributed by atoms with E-state index in [9.17, 15) is 4.79 Å². The molecule has 166 valence electrons. The Morgan fingerprint density at radius 2 is 1.67 bits per heavy atom. The van der Waals surface area contributed by atoms with Crippen molar-refractivity contribution in [1.29, 1.82) is 0 Å². The van der Waals surface area contributed by atoms with Crippen molar-refractivity contribution in [2.24, 2.45) is 0 Å². The smallest absolute Gasteiger partial charge is 0.253 e. The topological polar surface area (TPSA) is 45.7 Å². The lowest BCUT2D eigenvalue weighted by Crippen LogP contribution is -2.48. The number of hydrogen-bond acceptors (Lipinski definition) is 4. The van der Waals surface area contributed by atoms with Crippen LogP contribution in [-0.2, 0) is 6.61 Å². The van der Waals surface area contributed by atoms with Crippen molar-refractivity contribution in [3.8, 4) is 5.75 Å². The SMILES string of the molecule is O=C(c1ccc(OCc2ccc3ccccc3n2)cc1)N1CCN(c2cccc(Cl)c2)CC1. The Balaban J connectivity index is 1.16. The second-order valence-electron chi connectivity index (χ2n) is 8.07. The maximum atomic E-state index is 12.9. The first-order valence-electron chi connectivity index (χ1n) is 11.0. The second kappa shape index (κ2) is 9.51. The summed E-state index contributed by atoms with van der Waals surface area (Å²) in [5.41, 5.74) is 3.58. The van der Waals surface area contributed by atoms with Gasteiger partial charge in [0.25, 0.3) is 5.91 Å². The molecule has 4 aromatic rings. The largest absolute Gasteiger partial charge is 0.487 e. The zero-order chi connectivity index (χ0) is 22.6. The highest BCUT2D eigenvalue weighted by Gasteiger charge is 2.22. The predicted octanol–water partition coefficient (Wildman–Crippen LogP) is 5.43. The molecule has 1 saturated heterocycles. The van der Waals surface area contributed by atoms with Crippen molar-refractivity contribution < 1.29 is 9.53 Å². The Bertz CT molecular complexity index is 1270. The summed E-state index contributed by atoms with van der Waals surface area (Å²) in [4.78, 5) is 21.7. The van der Waals surface area contributed by atoms with E-state index >= 15 is 0 Å². The fraction of sp³-hybridized carbons (Fsp3) is 0.185. The number of aromatic nitrogens is 1. The quantitative estimate of drug-likeness (QED) is 0.401. The molecule has 6 heteroatoms. The van der Waals surface area contributed by atoms with E-state index in [0.29, 0.717) is 31.0 Å². The first-order valence-corrected chi connectivity index (χ1v) is 11.4. The molecule has 1 aliphatic rings. The fourth-order valence-corrected chi connectivity index (χ4v) is 4.25. The van der Waals surface area contributed by atoms with Crippen LogP contribution < -0.4 is 9.64 Å². The molecule has 5 nitrogen and oxygen atoms in total. The maximum Gasteiger partial charge on any atom is 0.253 e. The van der Waals surface area contributed by atoms with Crippen LogP contribution in [0.15, 0.2) is 84.9 Å². The van der Waals surface area contributed by atoms with Gasteiger partial charge in [-0.1, -0.05) is 41.9 Å². The first kappa shape index (κ1) is 21.3. The van der Waals surface area contributed by atoms with Crippen LogP contribution in [0.5, 0.6) is 5.75 Å². The van der Waals surface area contributed by atoms with Gasteiger partial charge in [0.1, 0.15) is 12.4 Å². The summed E-state index contributed by atoms with van der Waals surface area (Å²) in [5, 5.41) is 1.84. The van der Waals surface area contributed by atoms with E-state index in [1.165, 1.54) is 0 Å². The lowest BCUT2D eigenvalue weighted by Gasteiger charge is -2.36. The summed E-state index contributed by atoms with van der Waals surface area (Å²) in [6.45, 7) is 3.30. The summed E-state index contributed by atoms with van der Waals surface area (Å²) in [6.07, 6.45) is 0. The highest BCUT2D eigenvalue weighted by atomic mass is 35.5. The van der Waals surface area contributed by atoms with Crippen molar-refractivity contribution in [2.45, 2.75) is 6.61 Å². The van der Waals surface area contributed by atoms with Crippen molar-refractivity contribution >= 4 is 34.1 Å². The van der Waals surface area contributed by atoms with Crippen molar-refractivity contribution in [2.75, 3.05) is 31.1 Å². The number of rotatable bonds is 5. The normalized spacial score (nSPS) is 13.8. The molecule has 5 rings (SSSR count). The Kier molecular flexibility index (Phi) is 6.13. The van der Waals surface area contributed by atoms with E-state index in [0.717, 1.165) is 40.4 Å². The molecular formula is C27H24ClN3O2. The molecule has 1 fully saturated rings. The Morgan fingerprint density at radius 3 is 2.45 bits per heavy atom. The molecule has 0 bridgehead atoms. The van der Waals surface area contributed by atoms with Crippen LogP contribution in [-0.4, -0.2) is 42.0 Å². The molecule has 1 aliphatic heterocycles. The first-order chi connectivity index (χ1) is 16.2. The number of carbonyl (C=O) groups is 1. The van der Waals surface area contributed by atoms with Gasteiger partial charge in [-0.3, -0.25) is 4.79 Å². The highest BCUT2D eigenvalue weighted by molar-refractivity contribution is 6.30. The van der Waals surface area contributed by atoms with Crippen molar-refractivity contribution in [3.63, 3.8) is 0 Å². The molecule has 0 radical (unpaired) electrons. The Hall–Kier alpha value is -3.57. The van der Waals surface area contributed by atoms with Crippen LogP contribution >= 0.6 is 11.6 Å². The lowest BCUT2D eigenvalue weighted by molar-refractivity contribution is 0.0746. The van der Waals surface area contributed by atoms with E-state index in [2.05, 4.69) is 22.0 Å². The van der Waals surface area contributed by atoms with E-state index in [-0.39, 0.29) is 5.91 Å². The van der Waals surface area contributed by atoms with E-state index < -0.39 is 0 Å². The molecule has 0 N–H and O–H groups in total. The van der Waals surface area contributed by atoms with Crippen LogP contribution in [0.4, 0.5) is 5.69 Å². The van der Waals surface area contributed by atoms with Gasteiger partial charge in [0.15, 0.2) is 0 Å². The minimum Gasteiger partial charge on any atom is -0.487 e. The third-order valence-corrected chi connectivity index (χ3v) is 6.12. The summed E-state index contributed by atoms with van der Waals surface area (Å²) in [6, 6.07) is 27.2. The van der Waals surface area contributed by atoms with Gasteiger partial charge >= 0.3 is 0 Å². The standard InChI is InChI=1S/C27H24ClN3O2/c28-22-5-3-6-24(18-22)30-14-16-31(17-15-30)27(32)21-9-12-25(13-10-21)33-19-23-11-8-20-4-1-2-7-26(20)29-23/h1-13,18H,14-17,19H2. The maximum absolute atomic E-state index is 12.9. The summed E-state index contributed by atoms with van der Waals surface area (Å²) >= 11 is 6.11. The predicted molar refractivity (Wildman–Crippen MR) is 132 cm³/mol. The van der Waals surface area contributed by atoms with Crippen molar-refractivity contribution in [3.05, 3.63) is 101 Å². The number of nitrogens with zero attached hydrogens (tertiary/aromatic N) is 3. The molecule has 33 heavy (non-hydrogen) atoms. The average Bonchev–Trinajstić information content (AvgIpc) is 2.87. The molecule has 3 aromatic carbocycles. The van der Waals surface area contributed by atoms with E-state index in [1.54, 1.807) is 0 Å². The van der Waals surface area contributed by atoms with Gasteiger partial charge in [-0.15, -0.1) is 0 Å². The number of piperazine rings is 1. The molecule has 0 atom stereocenters. The van der Waals surface area contributed by atoms with Crippen LogP contribution in [0.3, 0.4) is 0 Å². The Morgan fingerprint density at radius 1 is 0.879 bits per heavy atom. The zero-order valence-electron chi connectivity index (χ0n) is 18.2. The fourth-order valence-electron chi connectivity index (χ4n) is 4.06. The van der Waals surface area contributed by atoms with E-state index in [4.69, 9.17) is 16.3 Å². The molecule has 0 unspecified atom stereocenters. The van der Waals surface area contributed by atoms with E-state index in [1.807, 2.05) is 77.7 Å². The van der Waals surface area contributed by atoms with Crippen LogP contribution in [0.2, 0.25) is 5.02 Å². The number of anilines is 1. The monoisotopic (exact) mass is 457 g/mol. The number of fused-ring (bicyclic) bond motifs is 1. The summed E-state index contributed by atoms with van der Waals surface area (Å²) < 4.78 is 5.89. The molecule has 0 spiro atoms. The van der Waals surface area contributed by atoms with Gasteiger partial charge in [-0.05, 0) is 54.6 Å².